The molecule has 0 unspecified atom stereocenters. The maximum Gasteiger partial charge on any atom is 0.240 e. The van der Waals surface area contributed by atoms with Crippen LogP contribution in [0.25, 0.3) is 0 Å². The fourth-order valence-electron chi connectivity index (χ4n) is 3.07. The van der Waals surface area contributed by atoms with Gasteiger partial charge in [0.25, 0.3) is 0 Å². The molecule has 1 aliphatic heterocycles. The highest BCUT2D eigenvalue weighted by Gasteiger charge is 2.29. The second kappa shape index (κ2) is 7.42. The minimum absolute atomic E-state index is 0.0348. The average molecular weight is 349 g/mol. The highest BCUT2D eigenvalue weighted by Crippen LogP contribution is 2.29. The van der Waals surface area contributed by atoms with Crippen molar-refractivity contribution in [1.29, 1.82) is 0 Å². The van der Waals surface area contributed by atoms with Crippen LogP contribution in [0.2, 0.25) is 0 Å². The second-order valence-electron chi connectivity index (χ2n) is 6.30. The number of amides is 1. The van der Waals surface area contributed by atoms with E-state index in [0.29, 0.717) is 17.5 Å². The van der Waals surface area contributed by atoms with Crippen LogP contribution in [-0.2, 0) is 11.8 Å². The van der Waals surface area contributed by atoms with Crippen LogP contribution in [0.3, 0.4) is 0 Å². The maximum absolute atomic E-state index is 12.1. The Balaban J connectivity index is 1.46. The van der Waals surface area contributed by atoms with E-state index in [0.717, 1.165) is 31.6 Å². The summed E-state index contributed by atoms with van der Waals surface area (Å²) in [4.78, 5) is 22.7. The molecule has 1 aliphatic rings. The zero-order valence-corrected chi connectivity index (χ0v) is 14.8. The van der Waals surface area contributed by atoms with Gasteiger partial charge in [-0.05, 0) is 38.8 Å². The number of thiazole rings is 1. The lowest BCUT2D eigenvalue weighted by molar-refractivity contribution is -0.117. The Morgan fingerprint density at radius 2 is 2.25 bits per heavy atom. The molecule has 0 saturated carbocycles. The lowest BCUT2D eigenvalue weighted by Crippen LogP contribution is -2.40. The molecule has 0 radical (unpaired) electrons. The molecule has 2 aromatic rings. The van der Waals surface area contributed by atoms with Gasteiger partial charge in [0.1, 0.15) is 11.9 Å². The first-order valence-corrected chi connectivity index (χ1v) is 9.00. The van der Waals surface area contributed by atoms with Crippen molar-refractivity contribution in [3.8, 4) is 0 Å². The van der Waals surface area contributed by atoms with E-state index in [1.54, 1.807) is 6.20 Å². The first-order chi connectivity index (χ1) is 11.5. The number of carbonyl (C=O) groups is 1. The number of aryl methyl sites for hydroxylation is 2. The van der Waals surface area contributed by atoms with Gasteiger partial charge in [-0.3, -0.25) is 9.69 Å². The van der Waals surface area contributed by atoms with Gasteiger partial charge < -0.3 is 15.0 Å². The molecule has 1 saturated heterocycles. The van der Waals surface area contributed by atoms with Gasteiger partial charge >= 0.3 is 0 Å². The van der Waals surface area contributed by atoms with Crippen molar-refractivity contribution in [1.82, 2.24) is 19.4 Å². The van der Waals surface area contributed by atoms with Crippen LogP contribution >= 0.6 is 11.3 Å². The number of carbonyl (C=O) groups excluding carboxylic acids is 1. The highest BCUT2D eigenvalue weighted by molar-refractivity contribution is 7.13. The van der Waals surface area contributed by atoms with Crippen molar-refractivity contribution in [3.63, 3.8) is 0 Å². The zero-order chi connectivity index (χ0) is 17.1. The summed E-state index contributed by atoms with van der Waals surface area (Å²) in [5.41, 5.74) is 0.916. The Kier molecular flexibility index (Phi) is 5.27. The third-order valence-electron chi connectivity index (χ3n) is 4.43. The second-order valence-corrected chi connectivity index (χ2v) is 7.16. The van der Waals surface area contributed by atoms with Crippen LogP contribution < -0.4 is 5.32 Å². The fourth-order valence-corrected chi connectivity index (χ4v) is 3.78. The van der Waals surface area contributed by atoms with Gasteiger partial charge in [0.05, 0.1) is 12.2 Å². The lowest BCUT2D eigenvalue weighted by atomic mass is 9.90. The van der Waals surface area contributed by atoms with Crippen molar-refractivity contribution in [2.24, 2.45) is 13.0 Å². The molecule has 3 rings (SSSR count). The smallest absolute Gasteiger partial charge is 0.240 e. The molecule has 2 aromatic heterocycles. The van der Waals surface area contributed by atoms with E-state index in [2.05, 4.69) is 20.2 Å². The Bertz CT molecular complexity index is 690. The quantitative estimate of drug-likeness (QED) is 0.856. The Labute approximate surface area is 145 Å². The number of anilines is 1. The number of piperidine rings is 1. The van der Waals surface area contributed by atoms with Gasteiger partial charge in [0.15, 0.2) is 5.13 Å². The highest BCUT2D eigenvalue weighted by atomic mass is 32.1. The van der Waals surface area contributed by atoms with E-state index < -0.39 is 6.10 Å². The van der Waals surface area contributed by atoms with Crippen LogP contribution in [0.1, 0.15) is 30.5 Å². The predicted octanol–water partition coefficient (Wildman–Crippen LogP) is 1.57. The zero-order valence-electron chi connectivity index (χ0n) is 14.0. The normalized spacial score (nSPS) is 17.8. The molecule has 24 heavy (non-hydrogen) atoms. The van der Waals surface area contributed by atoms with Gasteiger partial charge in [0, 0.05) is 24.8 Å². The number of imidazole rings is 1. The van der Waals surface area contributed by atoms with E-state index in [1.165, 1.54) is 11.3 Å². The maximum atomic E-state index is 12.1. The Hall–Kier alpha value is -1.77. The molecule has 7 nitrogen and oxygen atoms in total. The van der Waals surface area contributed by atoms with Crippen LogP contribution in [0.15, 0.2) is 17.8 Å². The number of likely N-dealkylation sites (tertiary alicyclic amines) is 1. The average Bonchev–Trinajstić information content (AvgIpc) is 3.15. The van der Waals surface area contributed by atoms with Crippen molar-refractivity contribution < 1.29 is 9.90 Å². The molecule has 0 spiro atoms. The largest absolute Gasteiger partial charge is 0.385 e. The number of hydrogen-bond donors (Lipinski definition) is 2. The summed E-state index contributed by atoms with van der Waals surface area (Å²) in [6.45, 7) is 3.88. The van der Waals surface area contributed by atoms with Gasteiger partial charge in [-0.15, -0.1) is 11.3 Å². The Morgan fingerprint density at radius 1 is 1.50 bits per heavy atom. The summed E-state index contributed by atoms with van der Waals surface area (Å²) < 4.78 is 1.86. The monoisotopic (exact) mass is 349 g/mol. The number of aromatic nitrogens is 3. The molecule has 1 atom stereocenters. The molecule has 0 aliphatic carbocycles. The third kappa shape index (κ3) is 4.00. The molecule has 130 valence electrons. The molecular formula is C16H23N5O2S. The standard InChI is InChI=1S/C16H23N5O2S/c1-11-10-24-16(18-11)19-13(22)9-21-6-3-12(4-7-21)14(23)15-17-5-8-20(15)2/h5,8,10,12,14,23H,3-4,6-7,9H2,1-2H3,(H,18,19,22)/t14-/m1/s1. The summed E-state index contributed by atoms with van der Waals surface area (Å²) in [6.07, 6.45) is 4.73. The van der Waals surface area contributed by atoms with Gasteiger partial charge in [-0.2, -0.15) is 0 Å². The molecule has 0 aromatic carbocycles. The Morgan fingerprint density at radius 3 is 2.83 bits per heavy atom. The number of aliphatic hydroxyl groups is 1. The van der Waals surface area contributed by atoms with Crippen LogP contribution in [0.4, 0.5) is 5.13 Å². The lowest BCUT2D eigenvalue weighted by Gasteiger charge is -2.33. The predicted molar refractivity (Wildman–Crippen MR) is 92.8 cm³/mol. The molecule has 1 fully saturated rings. The summed E-state index contributed by atoms with van der Waals surface area (Å²) >= 11 is 1.44. The molecule has 3 heterocycles. The first-order valence-electron chi connectivity index (χ1n) is 8.12. The van der Waals surface area contributed by atoms with Crippen LogP contribution in [0.5, 0.6) is 0 Å². The number of nitrogens with zero attached hydrogens (tertiary/aromatic N) is 4. The molecule has 2 N–H and O–H groups in total. The molecule has 1 amide bonds. The van der Waals surface area contributed by atoms with Gasteiger partial charge in [0.2, 0.25) is 5.91 Å². The summed E-state index contributed by atoms with van der Waals surface area (Å²) in [6, 6.07) is 0. The number of hydrogen-bond acceptors (Lipinski definition) is 6. The summed E-state index contributed by atoms with van der Waals surface area (Å²) in [5.74, 6) is 0.866. The number of aliphatic hydroxyl groups excluding tert-OH is 1. The SMILES string of the molecule is Cc1csc(NC(=O)CN2CCC([C@@H](O)c3nccn3C)CC2)n1. The van der Waals surface area contributed by atoms with Crippen molar-refractivity contribution in [2.45, 2.75) is 25.9 Å². The first kappa shape index (κ1) is 17.1. The van der Waals surface area contributed by atoms with Crippen LogP contribution in [0, 0.1) is 12.8 Å². The third-order valence-corrected chi connectivity index (χ3v) is 5.31. The summed E-state index contributed by atoms with van der Waals surface area (Å²) in [7, 11) is 1.89. The molecular weight excluding hydrogens is 326 g/mol. The fraction of sp³-hybridized carbons (Fsp3) is 0.562. The summed E-state index contributed by atoms with van der Waals surface area (Å²) in [5, 5.41) is 15.9. The van der Waals surface area contributed by atoms with Crippen molar-refractivity contribution >= 4 is 22.4 Å². The van der Waals surface area contributed by atoms with Crippen molar-refractivity contribution in [2.75, 3.05) is 25.0 Å². The van der Waals surface area contributed by atoms with E-state index in [4.69, 9.17) is 0 Å². The van der Waals surface area contributed by atoms with Crippen LogP contribution in [-0.4, -0.2) is 50.1 Å². The number of rotatable bonds is 5. The van der Waals surface area contributed by atoms with E-state index in [1.807, 2.05) is 30.1 Å². The van der Waals surface area contributed by atoms with Gasteiger partial charge in [-0.25, -0.2) is 9.97 Å². The number of nitrogens with one attached hydrogen (secondary N) is 1. The molecule has 8 heteroatoms. The van der Waals surface area contributed by atoms with E-state index >= 15 is 0 Å². The van der Waals surface area contributed by atoms with E-state index in [-0.39, 0.29) is 11.8 Å². The minimum Gasteiger partial charge on any atom is -0.385 e. The van der Waals surface area contributed by atoms with Crippen molar-refractivity contribution in [3.05, 3.63) is 29.3 Å². The topological polar surface area (TPSA) is 83.3 Å². The molecule has 0 bridgehead atoms. The van der Waals surface area contributed by atoms with E-state index in [9.17, 15) is 9.90 Å². The minimum atomic E-state index is -0.542. The van der Waals surface area contributed by atoms with Gasteiger partial charge in [-0.1, -0.05) is 0 Å².